The number of hydrogen-bond donors (Lipinski definition) is 6. The highest BCUT2D eigenvalue weighted by atomic mass is 16.4. The normalized spacial score (nSPS) is 17.7. The first-order chi connectivity index (χ1) is 18.0. The molecule has 38 heavy (non-hydrogen) atoms. The highest BCUT2D eigenvalue weighted by Crippen LogP contribution is 2.23. The topological polar surface area (TPSA) is 195 Å². The van der Waals surface area contributed by atoms with Crippen LogP contribution >= 0.6 is 0 Å². The Morgan fingerprint density at radius 2 is 1.82 bits per heavy atom. The third-order valence-corrected chi connectivity index (χ3v) is 6.83. The monoisotopic (exact) mass is 529 g/mol. The number of likely N-dealkylation sites (tertiary alicyclic amines) is 1. The Hall–Kier alpha value is -3.93. The molecule has 2 heterocycles. The maximum Gasteiger partial charge on any atom is 0.326 e. The van der Waals surface area contributed by atoms with Crippen molar-refractivity contribution in [2.45, 2.75) is 70.1 Å². The highest BCUT2D eigenvalue weighted by Gasteiger charge is 2.39. The van der Waals surface area contributed by atoms with E-state index in [1.807, 2.05) is 24.3 Å². The summed E-state index contributed by atoms with van der Waals surface area (Å²) >= 11 is 0. The van der Waals surface area contributed by atoms with Gasteiger partial charge in [-0.25, -0.2) is 4.79 Å². The molecule has 206 valence electrons. The van der Waals surface area contributed by atoms with E-state index in [-0.39, 0.29) is 25.3 Å². The van der Waals surface area contributed by atoms with Gasteiger partial charge in [0.15, 0.2) is 0 Å². The zero-order valence-corrected chi connectivity index (χ0v) is 21.5. The van der Waals surface area contributed by atoms with Gasteiger partial charge in [-0.05, 0) is 36.8 Å². The summed E-state index contributed by atoms with van der Waals surface area (Å²) in [7, 11) is 0. The number of rotatable bonds is 12. The largest absolute Gasteiger partial charge is 0.481 e. The van der Waals surface area contributed by atoms with E-state index in [2.05, 4.69) is 15.6 Å². The first kappa shape index (κ1) is 28.6. The van der Waals surface area contributed by atoms with Crippen LogP contribution in [0.15, 0.2) is 30.5 Å². The van der Waals surface area contributed by atoms with Crippen LogP contribution in [0, 0.1) is 5.92 Å². The van der Waals surface area contributed by atoms with Crippen molar-refractivity contribution in [2.75, 3.05) is 6.54 Å². The molecule has 7 N–H and O–H groups in total. The molecule has 3 amide bonds. The van der Waals surface area contributed by atoms with Gasteiger partial charge in [-0.1, -0.05) is 32.0 Å². The SMILES string of the molecule is CC(C)C(N)C(=O)NC(Cc1c[nH]c2ccccc12)C(=O)N1CCCC1C(=O)NC(CCC(=O)O)C(=O)O. The Kier molecular flexibility index (Phi) is 9.45. The van der Waals surface area contributed by atoms with Crippen LogP contribution in [0.5, 0.6) is 0 Å². The number of amides is 3. The number of nitrogens with two attached hydrogens (primary N) is 1. The average Bonchev–Trinajstić information content (AvgIpc) is 3.52. The fourth-order valence-corrected chi connectivity index (χ4v) is 4.59. The molecular formula is C26H35N5O7. The van der Waals surface area contributed by atoms with Gasteiger partial charge in [0.2, 0.25) is 17.7 Å². The quantitative estimate of drug-likeness (QED) is 0.230. The predicted octanol–water partition coefficient (Wildman–Crippen LogP) is 0.604. The lowest BCUT2D eigenvalue weighted by Crippen LogP contribution is -2.57. The van der Waals surface area contributed by atoms with E-state index < -0.39 is 60.2 Å². The third kappa shape index (κ3) is 6.88. The Balaban J connectivity index is 1.82. The number of carboxylic acid groups (broad SMARTS) is 2. The Labute approximate surface area is 219 Å². The Bertz CT molecular complexity index is 1190. The number of benzene rings is 1. The van der Waals surface area contributed by atoms with Crippen LogP contribution in [0.25, 0.3) is 10.9 Å². The molecule has 12 nitrogen and oxygen atoms in total. The van der Waals surface area contributed by atoms with Gasteiger partial charge in [-0.2, -0.15) is 0 Å². The van der Waals surface area contributed by atoms with E-state index in [9.17, 15) is 29.1 Å². The molecule has 0 radical (unpaired) electrons. The Morgan fingerprint density at radius 1 is 1.11 bits per heavy atom. The molecule has 4 atom stereocenters. The molecule has 1 aliphatic rings. The van der Waals surface area contributed by atoms with Crippen LogP contribution in [0.3, 0.4) is 0 Å². The number of carboxylic acids is 2. The summed E-state index contributed by atoms with van der Waals surface area (Å²) in [6.07, 6.45) is 2.02. The first-order valence-corrected chi connectivity index (χ1v) is 12.7. The van der Waals surface area contributed by atoms with Gasteiger partial charge in [0.1, 0.15) is 18.1 Å². The van der Waals surface area contributed by atoms with Crippen LogP contribution in [0.2, 0.25) is 0 Å². The number of aromatic nitrogens is 1. The molecule has 1 aliphatic heterocycles. The molecular weight excluding hydrogens is 494 g/mol. The number of aliphatic carboxylic acids is 2. The molecule has 4 unspecified atom stereocenters. The van der Waals surface area contributed by atoms with E-state index in [0.717, 1.165) is 16.5 Å². The number of para-hydroxylation sites is 1. The fourth-order valence-electron chi connectivity index (χ4n) is 4.59. The van der Waals surface area contributed by atoms with E-state index >= 15 is 0 Å². The molecule has 3 rings (SSSR count). The zero-order valence-electron chi connectivity index (χ0n) is 21.5. The lowest BCUT2D eigenvalue weighted by molar-refractivity contribution is -0.145. The van der Waals surface area contributed by atoms with Crippen molar-refractivity contribution in [1.82, 2.24) is 20.5 Å². The van der Waals surface area contributed by atoms with Crippen molar-refractivity contribution < 1.29 is 34.2 Å². The van der Waals surface area contributed by atoms with Crippen molar-refractivity contribution in [3.05, 3.63) is 36.0 Å². The van der Waals surface area contributed by atoms with Crippen LogP contribution in [-0.2, 0) is 30.4 Å². The molecule has 1 aromatic carbocycles. The number of carbonyl (C=O) groups excluding carboxylic acids is 3. The van der Waals surface area contributed by atoms with Crippen LogP contribution < -0.4 is 16.4 Å². The summed E-state index contributed by atoms with van der Waals surface area (Å²) in [5.41, 5.74) is 7.71. The minimum Gasteiger partial charge on any atom is -0.481 e. The highest BCUT2D eigenvalue weighted by molar-refractivity contribution is 5.95. The summed E-state index contributed by atoms with van der Waals surface area (Å²) in [6, 6.07) is 3.35. The fraction of sp³-hybridized carbons (Fsp3) is 0.500. The number of nitrogens with zero attached hydrogens (tertiary/aromatic N) is 1. The van der Waals surface area contributed by atoms with Crippen molar-refractivity contribution in [3.8, 4) is 0 Å². The van der Waals surface area contributed by atoms with Crippen LogP contribution in [0.4, 0.5) is 0 Å². The standard InChI is InChI=1S/C26H35N5O7/c1-14(2)22(27)24(35)30-19(12-15-13-28-17-7-4-3-6-16(15)17)25(36)31-11-5-8-20(31)23(34)29-18(26(37)38)9-10-21(32)33/h3-4,6-7,13-14,18-20,22,28H,5,8-12,27H2,1-2H3,(H,29,34)(H,30,35)(H,32,33)(H,37,38). The van der Waals surface area contributed by atoms with Crippen molar-refractivity contribution in [1.29, 1.82) is 0 Å². The minimum absolute atomic E-state index is 0.153. The van der Waals surface area contributed by atoms with Gasteiger partial charge >= 0.3 is 11.9 Å². The van der Waals surface area contributed by atoms with Gasteiger partial charge in [-0.3, -0.25) is 19.2 Å². The van der Waals surface area contributed by atoms with Gasteiger partial charge in [0, 0.05) is 36.5 Å². The van der Waals surface area contributed by atoms with Crippen LogP contribution in [-0.4, -0.2) is 80.5 Å². The first-order valence-electron chi connectivity index (χ1n) is 12.7. The molecule has 0 bridgehead atoms. The van der Waals surface area contributed by atoms with E-state index in [4.69, 9.17) is 10.8 Å². The van der Waals surface area contributed by atoms with Gasteiger partial charge in [0.05, 0.1) is 6.04 Å². The number of fused-ring (bicyclic) bond motifs is 1. The predicted molar refractivity (Wildman–Crippen MR) is 138 cm³/mol. The van der Waals surface area contributed by atoms with Gasteiger partial charge < -0.3 is 36.5 Å². The number of H-pyrrole nitrogens is 1. The molecule has 0 aliphatic carbocycles. The van der Waals surface area contributed by atoms with E-state index in [1.165, 1.54) is 4.90 Å². The average molecular weight is 530 g/mol. The molecule has 1 fully saturated rings. The van der Waals surface area contributed by atoms with E-state index in [1.54, 1.807) is 20.0 Å². The number of nitrogens with one attached hydrogen (secondary N) is 3. The zero-order chi connectivity index (χ0) is 28.0. The molecule has 12 heteroatoms. The summed E-state index contributed by atoms with van der Waals surface area (Å²) in [6.45, 7) is 3.84. The maximum absolute atomic E-state index is 13.8. The van der Waals surface area contributed by atoms with Gasteiger partial charge in [-0.15, -0.1) is 0 Å². The molecule has 1 saturated heterocycles. The molecule has 2 aromatic rings. The second-order valence-corrected chi connectivity index (χ2v) is 9.92. The Morgan fingerprint density at radius 3 is 2.47 bits per heavy atom. The molecule has 0 saturated carbocycles. The summed E-state index contributed by atoms with van der Waals surface area (Å²) in [5.74, 6) is -4.35. The van der Waals surface area contributed by atoms with Crippen molar-refractivity contribution in [3.63, 3.8) is 0 Å². The van der Waals surface area contributed by atoms with Gasteiger partial charge in [0.25, 0.3) is 0 Å². The maximum atomic E-state index is 13.8. The minimum atomic E-state index is -1.40. The summed E-state index contributed by atoms with van der Waals surface area (Å²) in [4.78, 5) is 66.6. The number of aromatic amines is 1. The molecule has 1 aromatic heterocycles. The lowest BCUT2D eigenvalue weighted by Gasteiger charge is -2.30. The smallest absolute Gasteiger partial charge is 0.326 e. The second kappa shape index (κ2) is 12.5. The van der Waals surface area contributed by atoms with Crippen molar-refractivity contribution in [2.24, 2.45) is 11.7 Å². The summed E-state index contributed by atoms with van der Waals surface area (Å²) in [5, 5.41) is 24.3. The van der Waals surface area contributed by atoms with Crippen molar-refractivity contribution >= 4 is 40.6 Å². The summed E-state index contributed by atoms with van der Waals surface area (Å²) < 4.78 is 0. The lowest BCUT2D eigenvalue weighted by atomic mass is 10.0. The molecule has 0 spiro atoms. The second-order valence-electron chi connectivity index (χ2n) is 9.92. The third-order valence-electron chi connectivity index (χ3n) is 6.83. The number of carbonyl (C=O) groups is 5. The van der Waals surface area contributed by atoms with Crippen LogP contribution in [0.1, 0.15) is 45.1 Å². The number of hydrogen-bond acceptors (Lipinski definition) is 6. The van der Waals surface area contributed by atoms with E-state index in [0.29, 0.717) is 12.8 Å².